The molecule has 1 fully saturated rings. The van der Waals surface area contributed by atoms with E-state index in [1.807, 2.05) is 77.8 Å². The van der Waals surface area contributed by atoms with E-state index >= 15 is 0 Å². The van der Waals surface area contributed by atoms with Crippen molar-refractivity contribution in [3.8, 4) is 0 Å². The first-order valence-electron chi connectivity index (χ1n) is 12.6. The number of nitrogens with zero attached hydrogens (tertiary/aromatic N) is 5. The van der Waals surface area contributed by atoms with Crippen LogP contribution in [0.25, 0.3) is 5.65 Å². The van der Waals surface area contributed by atoms with Gasteiger partial charge in [0.2, 0.25) is 5.91 Å². The molecule has 4 heterocycles. The predicted octanol–water partition coefficient (Wildman–Crippen LogP) is 3.60. The lowest BCUT2D eigenvalue weighted by Gasteiger charge is -2.32. The molecule has 7 nitrogen and oxygen atoms in total. The van der Waals surface area contributed by atoms with Crippen molar-refractivity contribution in [2.45, 2.75) is 31.7 Å². The van der Waals surface area contributed by atoms with Gasteiger partial charge in [0.05, 0.1) is 6.42 Å². The SMILES string of the molecule is [B]c1cnn2c(NCc3cccnc3)cc(C3CCN(C(=O)Cc4ccccccccc4)CC3)nc12. The molecule has 1 aliphatic heterocycles. The quantitative estimate of drug-likeness (QED) is 0.420. The fourth-order valence-electron chi connectivity index (χ4n) is 4.59. The van der Waals surface area contributed by atoms with E-state index in [-0.39, 0.29) is 11.8 Å². The molecule has 1 saturated heterocycles. The minimum Gasteiger partial charge on any atom is -0.366 e. The highest BCUT2D eigenvalue weighted by Crippen LogP contribution is 2.29. The Balaban J connectivity index is 1.27. The van der Waals surface area contributed by atoms with Crippen molar-refractivity contribution < 1.29 is 4.79 Å². The molecule has 0 unspecified atom stereocenters. The van der Waals surface area contributed by atoms with Gasteiger partial charge in [0.1, 0.15) is 19.3 Å². The van der Waals surface area contributed by atoms with Gasteiger partial charge in [-0.25, -0.2) is 4.98 Å². The molecule has 0 atom stereocenters. The molecule has 0 aliphatic carbocycles. The maximum Gasteiger partial charge on any atom is 0.226 e. The zero-order valence-electron chi connectivity index (χ0n) is 20.7. The summed E-state index contributed by atoms with van der Waals surface area (Å²) >= 11 is 0. The van der Waals surface area contributed by atoms with E-state index in [1.165, 1.54) is 0 Å². The number of nitrogens with one attached hydrogen (secondary N) is 1. The van der Waals surface area contributed by atoms with Gasteiger partial charge in [-0.3, -0.25) is 9.78 Å². The third kappa shape index (κ3) is 6.15. The van der Waals surface area contributed by atoms with Gasteiger partial charge in [-0.2, -0.15) is 9.61 Å². The molecule has 1 amide bonds. The molecular weight excluding hydrogens is 459 g/mol. The third-order valence-electron chi connectivity index (χ3n) is 6.62. The van der Waals surface area contributed by atoms with Crippen molar-refractivity contribution in [1.82, 2.24) is 24.5 Å². The van der Waals surface area contributed by atoms with Crippen molar-refractivity contribution in [2.75, 3.05) is 18.4 Å². The Morgan fingerprint density at radius 1 is 0.946 bits per heavy atom. The number of carbonyl (C=O) groups excluding carboxylic acids is 1. The number of rotatable bonds is 6. The Morgan fingerprint density at radius 3 is 2.35 bits per heavy atom. The summed E-state index contributed by atoms with van der Waals surface area (Å²) in [5.74, 6) is 1.24. The number of amides is 1. The lowest BCUT2D eigenvalue weighted by Crippen LogP contribution is -2.39. The fourth-order valence-corrected chi connectivity index (χ4v) is 4.59. The number of piperidine rings is 1. The molecule has 3 aromatic heterocycles. The number of likely N-dealkylation sites (tertiary alicyclic amines) is 1. The van der Waals surface area contributed by atoms with Crippen LogP contribution in [-0.2, 0) is 17.8 Å². The number of aromatic nitrogens is 4. The number of pyridine rings is 1. The minimum absolute atomic E-state index is 0.154. The van der Waals surface area contributed by atoms with Crippen molar-refractivity contribution in [3.63, 3.8) is 0 Å². The lowest BCUT2D eigenvalue weighted by molar-refractivity contribution is -0.131. The molecule has 1 N–H and O–H groups in total. The first-order chi connectivity index (χ1) is 18.2. The van der Waals surface area contributed by atoms with Gasteiger partial charge in [0.25, 0.3) is 0 Å². The first kappa shape index (κ1) is 24.5. The van der Waals surface area contributed by atoms with Crippen LogP contribution in [0.1, 0.15) is 35.6 Å². The molecule has 8 heteroatoms. The van der Waals surface area contributed by atoms with Crippen molar-refractivity contribution >= 4 is 30.7 Å². The van der Waals surface area contributed by atoms with E-state index < -0.39 is 0 Å². The van der Waals surface area contributed by atoms with Crippen LogP contribution in [0.4, 0.5) is 5.82 Å². The lowest BCUT2D eigenvalue weighted by atomic mass is 9.92. The zero-order valence-corrected chi connectivity index (χ0v) is 20.7. The van der Waals surface area contributed by atoms with Crippen LogP contribution in [0.3, 0.4) is 0 Å². The topological polar surface area (TPSA) is 75.4 Å². The average molecular weight is 488 g/mol. The van der Waals surface area contributed by atoms with Crippen LogP contribution in [0.15, 0.2) is 91.4 Å². The monoisotopic (exact) mass is 488 g/mol. The molecule has 0 saturated carbocycles. The number of anilines is 1. The third-order valence-corrected chi connectivity index (χ3v) is 6.62. The van der Waals surface area contributed by atoms with Gasteiger partial charge >= 0.3 is 0 Å². The molecule has 37 heavy (non-hydrogen) atoms. The summed E-state index contributed by atoms with van der Waals surface area (Å²) in [5, 5.41) is 7.87. The van der Waals surface area contributed by atoms with Gasteiger partial charge in [0, 0.05) is 55.9 Å². The second kappa shape index (κ2) is 11.7. The summed E-state index contributed by atoms with van der Waals surface area (Å²) in [7, 11) is 6.18. The number of hydrogen-bond acceptors (Lipinski definition) is 5. The van der Waals surface area contributed by atoms with Crippen LogP contribution in [0, 0.1) is 0 Å². The summed E-state index contributed by atoms with van der Waals surface area (Å²) in [6.45, 7) is 2.03. The van der Waals surface area contributed by atoms with Crippen molar-refractivity contribution in [2.24, 2.45) is 0 Å². The molecule has 0 bridgehead atoms. The molecule has 4 aromatic rings. The van der Waals surface area contributed by atoms with E-state index in [0.717, 1.165) is 35.5 Å². The predicted molar refractivity (Wildman–Crippen MR) is 146 cm³/mol. The van der Waals surface area contributed by atoms with Crippen molar-refractivity contribution in [3.05, 3.63) is 108 Å². The zero-order chi connectivity index (χ0) is 25.5. The molecule has 5 rings (SSSR count). The van der Waals surface area contributed by atoms with Crippen LogP contribution < -0.4 is 10.8 Å². The number of carbonyl (C=O) groups is 1. The summed E-state index contributed by atoms with van der Waals surface area (Å²) in [6.07, 6.45) is 7.33. The van der Waals surface area contributed by atoms with E-state index in [0.29, 0.717) is 37.2 Å². The molecule has 184 valence electrons. The second-order valence-electron chi connectivity index (χ2n) is 9.20. The van der Waals surface area contributed by atoms with Crippen LogP contribution >= 0.6 is 0 Å². The highest BCUT2D eigenvalue weighted by molar-refractivity contribution is 6.36. The van der Waals surface area contributed by atoms with Gasteiger partial charge < -0.3 is 10.2 Å². The van der Waals surface area contributed by atoms with E-state index in [1.54, 1.807) is 16.9 Å². The van der Waals surface area contributed by atoms with Crippen LogP contribution in [-0.4, -0.2) is 51.3 Å². The van der Waals surface area contributed by atoms with E-state index in [4.69, 9.17) is 12.8 Å². The maximum absolute atomic E-state index is 13.1. The molecule has 2 radical (unpaired) electrons. The van der Waals surface area contributed by atoms with Crippen molar-refractivity contribution in [1.29, 1.82) is 0 Å². The highest BCUT2D eigenvalue weighted by atomic mass is 16.2. The summed E-state index contributed by atoms with van der Waals surface area (Å²) in [4.78, 5) is 24.1. The van der Waals surface area contributed by atoms with E-state index in [2.05, 4.69) is 21.5 Å². The Kier molecular flexibility index (Phi) is 7.74. The Morgan fingerprint density at radius 2 is 1.65 bits per heavy atom. The minimum atomic E-state index is 0.154. The Labute approximate surface area is 218 Å². The standard InChI is InChI=1S/C29H29BN6O/c30-25-21-33-36-27(32-20-23-11-8-14-31-19-23)18-26(34-29(25)36)24-12-15-35(16-13-24)28(37)17-22-9-6-4-2-1-3-5-7-10-22/h1-11,14,18-19,21,24,32H,12-13,15-17,20H2. The maximum atomic E-state index is 13.1. The summed E-state index contributed by atoms with van der Waals surface area (Å²) in [6, 6.07) is 23.8. The number of hydrogen-bond donors (Lipinski definition) is 1. The molecular formula is C29H29BN6O. The molecule has 0 spiro atoms. The fraction of sp³-hybridized carbons (Fsp3) is 0.241. The largest absolute Gasteiger partial charge is 0.366 e. The van der Waals surface area contributed by atoms with Gasteiger partial charge in [-0.1, -0.05) is 60.7 Å². The molecule has 1 aromatic carbocycles. The smallest absolute Gasteiger partial charge is 0.226 e. The van der Waals surface area contributed by atoms with Crippen LogP contribution in [0.2, 0.25) is 0 Å². The van der Waals surface area contributed by atoms with Gasteiger partial charge in [0.15, 0.2) is 0 Å². The first-order valence-corrected chi connectivity index (χ1v) is 12.6. The molecule has 1 aliphatic rings. The van der Waals surface area contributed by atoms with E-state index in [9.17, 15) is 4.79 Å². The van der Waals surface area contributed by atoms with Crippen LogP contribution in [0.5, 0.6) is 0 Å². The van der Waals surface area contributed by atoms with Gasteiger partial charge in [-0.05, 0) is 35.5 Å². The normalized spacial score (nSPS) is 13.8. The Hall–Kier alpha value is -4.20. The highest BCUT2D eigenvalue weighted by Gasteiger charge is 2.25. The summed E-state index contributed by atoms with van der Waals surface area (Å²) in [5.41, 5.74) is 4.24. The average Bonchev–Trinajstić information content (AvgIpc) is 3.32. The summed E-state index contributed by atoms with van der Waals surface area (Å²) < 4.78 is 1.74. The van der Waals surface area contributed by atoms with Gasteiger partial charge in [-0.15, -0.1) is 0 Å². The second-order valence-corrected chi connectivity index (χ2v) is 9.20. The Bertz CT molecular complexity index is 1390. The number of fused-ring (bicyclic) bond motifs is 1.